The van der Waals surface area contributed by atoms with Gasteiger partial charge in [0, 0.05) is 6.42 Å². The Bertz CT molecular complexity index is 576. The molecule has 5 N–H and O–H groups in total. The summed E-state index contributed by atoms with van der Waals surface area (Å²) in [4.78, 5) is 17.0. The number of nitrogens with zero attached hydrogens (tertiary/aromatic N) is 4. The van der Waals surface area contributed by atoms with Crippen molar-refractivity contribution < 1.29 is 14.7 Å². The summed E-state index contributed by atoms with van der Waals surface area (Å²) in [5, 5.41) is 9.21. The van der Waals surface area contributed by atoms with Gasteiger partial charge in [-0.3, -0.25) is 9.40 Å². The van der Waals surface area contributed by atoms with E-state index in [1.54, 1.807) is 10.9 Å². The second-order valence-corrected chi connectivity index (χ2v) is 4.30. The lowest BCUT2D eigenvalue weighted by atomic mass is 10.2. The van der Waals surface area contributed by atoms with Gasteiger partial charge in [0.25, 0.3) is 0 Å². The van der Waals surface area contributed by atoms with Crippen LogP contribution in [0.2, 0.25) is 0 Å². The van der Waals surface area contributed by atoms with Crippen LogP contribution in [0, 0.1) is 0 Å². The highest BCUT2D eigenvalue weighted by molar-refractivity contribution is 5.81. The minimum absolute atomic E-state index is 0.165. The summed E-state index contributed by atoms with van der Waals surface area (Å²) < 4.78 is 7.40. The first-order valence-corrected chi connectivity index (χ1v) is 5.79. The molecule has 1 aliphatic heterocycles. The fraction of sp³-hybridized carbons (Fsp3) is 0.500. The van der Waals surface area contributed by atoms with Crippen molar-refractivity contribution in [2.24, 2.45) is 5.90 Å². The molecule has 0 saturated carbocycles. The number of nitrogens with two attached hydrogens (primary N) is 2. The van der Waals surface area contributed by atoms with E-state index >= 15 is 0 Å². The molecule has 0 bridgehead atoms. The Morgan fingerprint density at radius 1 is 1.47 bits per heavy atom. The summed E-state index contributed by atoms with van der Waals surface area (Å²) >= 11 is 0. The fourth-order valence-electron chi connectivity index (χ4n) is 2.26. The maximum atomic E-state index is 9.21. The van der Waals surface area contributed by atoms with Gasteiger partial charge in [0.05, 0.1) is 12.9 Å². The lowest BCUT2D eigenvalue weighted by Crippen LogP contribution is -2.29. The zero-order chi connectivity index (χ0) is 13.4. The van der Waals surface area contributed by atoms with Gasteiger partial charge in [-0.25, -0.2) is 20.8 Å². The molecule has 0 unspecified atom stereocenters. The van der Waals surface area contributed by atoms with Crippen molar-refractivity contribution in [1.82, 2.24) is 19.5 Å². The van der Waals surface area contributed by atoms with Crippen LogP contribution in [0.3, 0.4) is 0 Å². The van der Waals surface area contributed by atoms with Gasteiger partial charge in [-0.2, -0.15) is 0 Å². The van der Waals surface area contributed by atoms with Crippen LogP contribution in [0.25, 0.3) is 11.2 Å². The van der Waals surface area contributed by atoms with Gasteiger partial charge in [0.15, 0.2) is 11.5 Å². The smallest absolute Gasteiger partial charge is 0.167 e. The largest absolute Gasteiger partial charge is 0.394 e. The van der Waals surface area contributed by atoms with Crippen LogP contribution in [-0.2, 0) is 9.57 Å². The van der Waals surface area contributed by atoms with Crippen LogP contribution < -0.4 is 11.6 Å². The highest BCUT2D eigenvalue weighted by Crippen LogP contribution is 2.32. The van der Waals surface area contributed by atoms with E-state index in [1.165, 1.54) is 6.33 Å². The Morgan fingerprint density at radius 2 is 2.32 bits per heavy atom. The molecule has 9 nitrogen and oxygen atoms in total. The van der Waals surface area contributed by atoms with E-state index < -0.39 is 6.10 Å². The number of aliphatic hydroxyl groups excluding tert-OH is 1. The Kier molecular flexibility index (Phi) is 3.03. The SMILES string of the molecule is NO[C@H]1C[C@H](n2cnc3c(N)ncnc32)O[C@@H]1CO. The Hall–Kier alpha value is -1.81. The summed E-state index contributed by atoms with van der Waals surface area (Å²) in [6.07, 6.45) is 2.25. The second-order valence-electron chi connectivity index (χ2n) is 4.30. The molecule has 1 fully saturated rings. The number of aliphatic hydroxyl groups is 1. The highest BCUT2D eigenvalue weighted by atomic mass is 16.7. The predicted molar refractivity (Wildman–Crippen MR) is 64.4 cm³/mol. The van der Waals surface area contributed by atoms with Gasteiger partial charge in [0.2, 0.25) is 0 Å². The summed E-state index contributed by atoms with van der Waals surface area (Å²) in [6, 6.07) is 0. The molecule has 0 aromatic carbocycles. The third-order valence-electron chi connectivity index (χ3n) is 3.23. The van der Waals surface area contributed by atoms with Crippen LogP contribution >= 0.6 is 0 Å². The van der Waals surface area contributed by atoms with E-state index in [0.717, 1.165) is 0 Å². The number of hydrogen-bond acceptors (Lipinski definition) is 8. The second kappa shape index (κ2) is 4.70. The first-order chi connectivity index (χ1) is 9.24. The molecule has 3 heterocycles. The lowest BCUT2D eigenvalue weighted by Gasteiger charge is -2.13. The van der Waals surface area contributed by atoms with Gasteiger partial charge in [-0.1, -0.05) is 0 Å². The molecule has 1 saturated heterocycles. The Labute approximate surface area is 108 Å². The molecule has 19 heavy (non-hydrogen) atoms. The Morgan fingerprint density at radius 3 is 3.00 bits per heavy atom. The first kappa shape index (κ1) is 12.2. The normalized spacial score (nSPS) is 27.2. The molecule has 0 aliphatic carbocycles. The van der Waals surface area contributed by atoms with E-state index in [4.69, 9.17) is 21.2 Å². The van der Waals surface area contributed by atoms with Crippen LogP contribution in [0.15, 0.2) is 12.7 Å². The molecule has 1 aliphatic rings. The lowest BCUT2D eigenvalue weighted by molar-refractivity contribution is -0.0612. The molecule has 2 aromatic rings. The highest BCUT2D eigenvalue weighted by Gasteiger charge is 2.37. The zero-order valence-corrected chi connectivity index (χ0v) is 10.0. The number of rotatable bonds is 3. The minimum Gasteiger partial charge on any atom is -0.394 e. The summed E-state index contributed by atoms with van der Waals surface area (Å²) in [5.74, 6) is 5.50. The summed E-state index contributed by atoms with van der Waals surface area (Å²) in [7, 11) is 0. The monoisotopic (exact) mass is 266 g/mol. The molecule has 0 amide bonds. The number of imidazole rings is 1. The molecule has 2 aromatic heterocycles. The topological polar surface area (TPSA) is 134 Å². The number of aromatic nitrogens is 4. The number of anilines is 1. The molecule has 0 spiro atoms. The van der Waals surface area contributed by atoms with Gasteiger partial charge in [-0.05, 0) is 0 Å². The van der Waals surface area contributed by atoms with Crippen LogP contribution in [0.1, 0.15) is 12.6 Å². The molecule has 9 heteroatoms. The van der Waals surface area contributed by atoms with Crippen molar-refractivity contribution in [3.63, 3.8) is 0 Å². The van der Waals surface area contributed by atoms with Gasteiger partial charge < -0.3 is 15.6 Å². The molecule has 102 valence electrons. The molecular weight excluding hydrogens is 252 g/mol. The fourth-order valence-corrected chi connectivity index (χ4v) is 2.26. The van der Waals surface area contributed by atoms with Crippen LogP contribution in [0.5, 0.6) is 0 Å². The summed E-state index contributed by atoms with van der Waals surface area (Å²) in [6.45, 7) is -0.165. The summed E-state index contributed by atoms with van der Waals surface area (Å²) in [5.41, 5.74) is 6.82. The zero-order valence-electron chi connectivity index (χ0n) is 10.0. The van der Waals surface area contributed by atoms with E-state index in [1.807, 2.05) is 0 Å². The van der Waals surface area contributed by atoms with Crippen LogP contribution in [-0.4, -0.2) is 43.4 Å². The average molecular weight is 266 g/mol. The van der Waals surface area contributed by atoms with Gasteiger partial charge in [0.1, 0.15) is 30.3 Å². The van der Waals surface area contributed by atoms with Crippen molar-refractivity contribution in [2.45, 2.75) is 24.9 Å². The number of hydrogen-bond donors (Lipinski definition) is 3. The van der Waals surface area contributed by atoms with Gasteiger partial charge >= 0.3 is 0 Å². The molecule has 0 radical (unpaired) electrons. The Balaban J connectivity index is 1.95. The van der Waals surface area contributed by atoms with Gasteiger partial charge in [-0.15, -0.1) is 0 Å². The number of nitrogen functional groups attached to an aromatic ring is 1. The molecule has 3 atom stereocenters. The number of ether oxygens (including phenoxy) is 1. The van der Waals surface area contributed by atoms with Crippen LogP contribution in [0.4, 0.5) is 5.82 Å². The van der Waals surface area contributed by atoms with E-state index in [-0.39, 0.29) is 18.9 Å². The minimum atomic E-state index is -0.466. The third-order valence-corrected chi connectivity index (χ3v) is 3.23. The average Bonchev–Trinajstić information content (AvgIpc) is 3.02. The first-order valence-electron chi connectivity index (χ1n) is 5.79. The van der Waals surface area contributed by atoms with Crippen molar-refractivity contribution in [1.29, 1.82) is 0 Å². The van der Waals surface area contributed by atoms with E-state index in [0.29, 0.717) is 23.4 Å². The standard InChI is InChI=1S/C10H14N6O3/c11-9-8-10(14-3-13-9)16(4-15-8)7-1-5(19-12)6(2-17)18-7/h3-7,17H,1-2,12H2,(H2,11,13,14)/t5-,6+,7+/m0/s1. The molecule has 3 rings (SSSR count). The van der Waals surface area contributed by atoms with Crippen molar-refractivity contribution in [2.75, 3.05) is 12.3 Å². The van der Waals surface area contributed by atoms with E-state index in [9.17, 15) is 5.11 Å². The maximum absolute atomic E-state index is 9.21. The predicted octanol–water partition coefficient (Wildman–Crippen LogP) is -1.05. The maximum Gasteiger partial charge on any atom is 0.167 e. The van der Waals surface area contributed by atoms with Crippen molar-refractivity contribution in [3.05, 3.63) is 12.7 Å². The van der Waals surface area contributed by atoms with E-state index in [2.05, 4.69) is 15.0 Å². The quantitative estimate of drug-likeness (QED) is 0.599. The van der Waals surface area contributed by atoms with Crippen molar-refractivity contribution in [3.8, 4) is 0 Å². The van der Waals surface area contributed by atoms with Crippen molar-refractivity contribution >= 4 is 17.0 Å². The molecular formula is C10H14N6O3. The third kappa shape index (κ3) is 1.92. The number of fused-ring (bicyclic) bond motifs is 1.